The van der Waals surface area contributed by atoms with Gasteiger partial charge in [0.2, 0.25) is 0 Å². The van der Waals surface area contributed by atoms with Crippen LogP contribution in [0.25, 0.3) is 0 Å². The minimum Gasteiger partial charge on any atom is -0.486 e. The fraction of sp³-hybridized carbons (Fsp3) is 0.143. The van der Waals surface area contributed by atoms with Crippen molar-refractivity contribution >= 4 is 34.5 Å². The van der Waals surface area contributed by atoms with Crippen LogP contribution in [0.2, 0.25) is 10.0 Å². The van der Waals surface area contributed by atoms with E-state index in [-0.39, 0.29) is 6.61 Å². The van der Waals surface area contributed by atoms with E-state index in [1.165, 1.54) is 0 Å². The third-order valence-electron chi connectivity index (χ3n) is 2.25. The molecule has 2 rings (SSSR count). The summed E-state index contributed by atoms with van der Waals surface area (Å²) in [7, 11) is 0. The van der Waals surface area contributed by atoms with Gasteiger partial charge in [0.1, 0.15) is 24.0 Å². The predicted octanol–water partition coefficient (Wildman–Crippen LogP) is 3.98. The topological polar surface area (TPSA) is 29.5 Å². The van der Waals surface area contributed by atoms with E-state index in [1.807, 2.05) is 11.4 Å². The smallest absolute Gasteiger partial charge is 0.139 e. The highest BCUT2D eigenvalue weighted by molar-refractivity contribution is 7.10. The van der Waals surface area contributed by atoms with Crippen molar-refractivity contribution < 1.29 is 9.84 Å². The molecule has 98 valence electrons. The lowest BCUT2D eigenvalue weighted by Gasteiger charge is -2.07. The van der Waals surface area contributed by atoms with Crippen molar-refractivity contribution in [3.8, 4) is 17.6 Å². The van der Waals surface area contributed by atoms with Gasteiger partial charge in [-0.15, -0.1) is 11.3 Å². The summed E-state index contributed by atoms with van der Waals surface area (Å²) in [5.74, 6) is 6.00. The molecule has 0 bridgehead atoms. The molecule has 0 atom stereocenters. The maximum Gasteiger partial charge on any atom is 0.139 e. The molecule has 0 amide bonds. The van der Waals surface area contributed by atoms with Crippen molar-refractivity contribution in [3.63, 3.8) is 0 Å². The first-order chi connectivity index (χ1) is 9.20. The van der Waals surface area contributed by atoms with Gasteiger partial charge in [0.25, 0.3) is 0 Å². The Morgan fingerprint density at radius 3 is 2.95 bits per heavy atom. The number of hydrogen-bond donors (Lipinski definition) is 1. The van der Waals surface area contributed by atoms with Gasteiger partial charge in [0.15, 0.2) is 0 Å². The average Bonchev–Trinajstić information content (AvgIpc) is 2.86. The summed E-state index contributed by atoms with van der Waals surface area (Å²) in [6.07, 6.45) is 0. The number of hydrogen-bond acceptors (Lipinski definition) is 3. The lowest BCUT2D eigenvalue weighted by Crippen LogP contribution is -1.93. The van der Waals surface area contributed by atoms with Gasteiger partial charge >= 0.3 is 0 Å². The van der Waals surface area contributed by atoms with Gasteiger partial charge in [-0.25, -0.2) is 0 Å². The number of rotatable bonds is 3. The number of thiophene rings is 1. The summed E-state index contributed by atoms with van der Waals surface area (Å²) in [5.41, 5.74) is 0.870. The molecule has 1 heterocycles. The van der Waals surface area contributed by atoms with Gasteiger partial charge in [-0.2, -0.15) is 0 Å². The molecule has 19 heavy (non-hydrogen) atoms. The Labute approximate surface area is 125 Å². The molecule has 0 saturated carbocycles. The molecule has 1 N–H and O–H groups in total. The van der Waals surface area contributed by atoms with Crippen LogP contribution in [0, 0.1) is 11.8 Å². The molecule has 0 saturated heterocycles. The van der Waals surface area contributed by atoms with Crippen molar-refractivity contribution in [2.45, 2.75) is 6.61 Å². The molecule has 1 aromatic carbocycles. The van der Waals surface area contributed by atoms with Crippen LogP contribution in [0.15, 0.2) is 29.6 Å². The van der Waals surface area contributed by atoms with E-state index in [0.29, 0.717) is 22.4 Å². The molecular formula is C14H10Cl2O2S. The van der Waals surface area contributed by atoms with Gasteiger partial charge in [-0.3, -0.25) is 0 Å². The molecular weight excluding hydrogens is 303 g/mol. The van der Waals surface area contributed by atoms with E-state index in [0.717, 1.165) is 10.4 Å². The molecule has 0 aliphatic rings. The second kappa shape index (κ2) is 6.83. The van der Waals surface area contributed by atoms with Crippen molar-refractivity contribution in [2.75, 3.05) is 6.61 Å². The average molecular weight is 313 g/mol. The Kier molecular flexibility index (Phi) is 5.12. The highest BCUT2D eigenvalue weighted by Gasteiger charge is 2.06. The van der Waals surface area contributed by atoms with Crippen LogP contribution >= 0.6 is 34.5 Å². The zero-order valence-corrected chi connectivity index (χ0v) is 12.1. The highest BCUT2D eigenvalue weighted by Crippen LogP contribution is 2.32. The molecule has 2 nitrogen and oxygen atoms in total. The Balaban J connectivity index is 2.02. The number of aliphatic hydroxyl groups is 1. The Morgan fingerprint density at radius 2 is 2.16 bits per heavy atom. The monoisotopic (exact) mass is 312 g/mol. The molecule has 0 aliphatic carbocycles. The number of benzene rings is 1. The number of halogens is 2. The first kappa shape index (κ1) is 14.2. The van der Waals surface area contributed by atoms with Crippen LogP contribution < -0.4 is 4.74 Å². The van der Waals surface area contributed by atoms with Gasteiger partial charge in [0, 0.05) is 15.8 Å². The molecule has 1 aromatic heterocycles. The molecule has 2 aromatic rings. The fourth-order valence-corrected chi connectivity index (χ4v) is 2.48. The molecule has 5 heteroatoms. The van der Waals surface area contributed by atoms with Crippen LogP contribution in [0.4, 0.5) is 0 Å². The van der Waals surface area contributed by atoms with Crippen LogP contribution in [-0.2, 0) is 6.61 Å². The zero-order chi connectivity index (χ0) is 13.7. The van der Waals surface area contributed by atoms with Crippen LogP contribution in [0.3, 0.4) is 0 Å². The summed E-state index contributed by atoms with van der Waals surface area (Å²) < 4.78 is 5.62. The second-order valence-corrected chi connectivity index (χ2v) is 5.38. The summed E-state index contributed by atoms with van der Waals surface area (Å²) in [6.45, 7) is 0.269. The quantitative estimate of drug-likeness (QED) is 0.869. The zero-order valence-electron chi connectivity index (χ0n) is 9.82. The van der Waals surface area contributed by atoms with E-state index >= 15 is 0 Å². The Hall–Kier alpha value is -1.18. The Morgan fingerprint density at radius 1 is 1.32 bits per heavy atom. The lowest BCUT2D eigenvalue weighted by atomic mass is 10.3. The first-order valence-corrected chi connectivity index (χ1v) is 7.08. The van der Waals surface area contributed by atoms with Gasteiger partial charge in [-0.05, 0) is 18.2 Å². The molecule has 0 fully saturated rings. The molecule has 0 spiro atoms. The van der Waals surface area contributed by atoms with E-state index in [4.69, 9.17) is 33.0 Å². The maximum atomic E-state index is 8.62. The predicted molar refractivity (Wildman–Crippen MR) is 79.1 cm³/mol. The van der Waals surface area contributed by atoms with Gasteiger partial charge in [0.05, 0.1) is 5.02 Å². The normalized spacial score (nSPS) is 9.84. The third-order valence-corrected chi connectivity index (χ3v) is 3.96. The first-order valence-electron chi connectivity index (χ1n) is 5.44. The summed E-state index contributed by atoms with van der Waals surface area (Å²) in [6, 6.07) is 7.20. The molecule has 0 unspecified atom stereocenters. The van der Waals surface area contributed by atoms with E-state index in [1.54, 1.807) is 29.5 Å². The fourth-order valence-electron chi connectivity index (χ4n) is 1.41. The minimum atomic E-state index is -0.139. The Bertz CT molecular complexity index is 626. The highest BCUT2D eigenvalue weighted by atomic mass is 35.5. The number of ether oxygens (including phenoxy) is 1. The van der Waals surface area contributed by atoms with Crippen molar-refractivity contribution in [2.24, 2.45) is 0 Å². The lowest BCUT2D eigenvalue weighted by molar-refractivity contribution is 0.310. The minimum absolute atomic E-state index is 0.139. The van der Waals surface area contributed by atoms with Gasteiger partial charge in [-0.1, -0.05) is 41.1 Å². The SMILES string of the molecule is OCC#Cc1csc(COc2cccc(Cl)c2Cl)c1. The number of aliphatic hydroxyl groups excluding tert-OH is 1. The van der Waals surface area contributed by atoms with Crippen molar-refractivity contribution in [3.05, 3.63) is 50.1 Å². The third kappa shape index (κ3) is 3.89. The summed E-state index contributed by atoms with van der Waals surface area (Å²) >= 11 is 13.5. The van der Waals surface area contributed by atoms with Crippen LogP contribution in [0.1, 0.15) is 10.4 Å². The van der Waals surface area contributed by atoms with E-state index < -0.39 is 0 Å². The maximum absolute atomic E-state index is 8.62. The van der Waals surface area contributed by atoms with Crippen LogP contribution in [0.5, 0.6) is 5.75 Å². The molecule has 0 aliphatic heterocycles. The molecule has 0 radical (unpaired) electrons. The second-order valence-electron chi connectivity index (χ2n) is 3.60. The summed E-state index contributed by atoms with van der Waals surface area (Å²) in [4.78, 5) is 1.03. The summed E-state index contributed by atoms with van der Waals surface area (Å²) in [5, 5.41) is 11.4. The van der Waals surface area contributed by atoms with Gasteiger partial charge < -0.3 is 9.84 Å². The largest absolute Gasteiger partial charge is 0.486 e. The standard InChI is InChI=1S/C14H10Cl2O2S/c15-12-4-1-5-13(14(12)16)18-8-11-7-10(9-19-11)3-2-6-17/h1,4-5,7,9,17H,6,8H2. The van der Waals surface area contributed by atoms with E-state index in [9.17, 15) is 0 Å². The van der Waals surface area contributed by atoms with Crippen molar-refractivity contribution in [1.82, 2.24) is 0 Å². The van der Waals surface area contributed by atoms with Crippen LogP contribution in [-0.4, -0.2) is 11.7 Å². The van der Waals surface area contributed by atoms with Crippen molar-refractivity contribution in [1.29, 1.82) is 0 Å². The van der Waals surface area contributed by atoms with E-state index in [2.05, 4.69) is 11.8 Å².